The SMILES string of the molecule is [2H]c1c([2H])c(-c2ccccc2)c2c(sc3c([2H])c(-c4nc(-c5ccccc5)nc(-c5ccc(F)cc5)n4)c([2H])c([2H])c32)c1[2H]. The predicted molar refractivity (Wildman–Crippen MR) is 154 cm³/mol. The van der Waals surface area contributed by atoms with Crippen molar-refractivity contribution in [2.24, 2.45) is 0 Å². The fourth-order valence-corrected chi connectivity index (χ4v) is 5.33. The Labute approximate surface area is 231 Å². The van der Waals surface area contributed by atoms with E-state index >= 15 is 0 Å². The highest BCUT2D eigenvalue weighted by Crippen LogP contribution is 2.41. The first kappa shape index (κ1) is 16.9. The molecule has 0 bridgehead atoms. The first-order valence-corrected chi connectivity index (χ1v) is 12.6. The minimum atomic E-state index is -0.419. The highest BCUT2D eigenvalue weighted by molar-refractivity contribution is 7.26. The van der Waals surface area contributed by atoms with Gasteiger partial charge in [0, 0.05) is 36.9 Å². The third kappa shape index (κ3) is 4.03. The number of hydrogen-bond acceptors (Lipinski definition) is 4. The molecule has 0 atom stereocenters. The van der Waals surface area contributed by atoms with Gasteiger partial charge < -0.3 is 0 Å². The Balaban J connectivity index is 1.56. The third-order valence-electron chi connectivity index (χ3n) is 6.13. The molecule has 180 valence electrons. The fourth-order valence-electron chi connectivity index (χ4n) is 4.31. The maximum Gasteiger partial charge on any atom is 0.164 e. The van der Waals surface area contributed by atoms with Crippen LogP contribution in [0.3, 0.4) is 0 Å². The van der Waals surface area contributed by atoms with Gasteiger partial charge in [-0.3, -0.25) is 0 Å². The van der Waals surface area contributed by atoms with Crippen molar-refractivity contribution in [2.75, 3.05) is 0 Å². The van der Waals surface area contributed by atoms with Crippen molar-refractivity contribution in [2.45, 2.75) is 0 Å². The standard InChI is InChI=1S/C33H20FN3S/c34-25-17-14-23(15-18-25)32-35-31(22-10-5-2-6-11-22)36-33(37-32)24-16-19-27-29(20-24)38-28-13-7-12-26(30(27)28)21-8-3-1-4-9-21/h1-20H/i7D,12D,13D,16D,19D,20D. The molecule has 3 nitrogen and oxygen atoms in total. The summed E-state index contributed by atoms with van der Waals surface area (Å²) in [7, 11) is 0. The Morgan fingerprint density at radius 3 is 1.87 bits per heavy atom. The van der Waals surface area contributed by atoms with Gasteiger partial charge in [-0.15, -0.1) is 11.3 Å². The van der Waals surface area contributed by atoms with E-state index in [1.165, 1.54) is 24.3 Å². The number of benzene rings is 5. The Hall–Kier alpha value is -4.74. The maximum atomic E-state index is 13.7. The zero-order chi connectivity index (χ0) is 30.7. The molecule has 0 saturated carbocycles. The first-order valence-electron chi connectivity index (χ1n) is 14.8. The van der Waals surface area contributed by atoms with Crippen LogP contribution in [0.4, 0.5) is 4.39 Å². The molecular formula is C33H20FN3S. The van der Waals surface area contributed by atoms with Gasteiger partial charge in [-0.25, -0.2) is 19.3 Å². The minimum Gasteiger partial charge on any atom is -0.208 e. The van der Waals surface area contributed by atoms with E-state index in [1.54, 1.807) is 12.1 Å². The number of halogens is 1. The average Bonchev–Trinajstić information content (AvgIpc) is 3.45. The molecule has 0 aliphatic heterocycles. The summed E-state index contributed by atoms with van der Waals surface area (Å²) in [6.07, 6.45) is 0. The molecule has 0 amide bonds. The van der Waals surface area contributed by atoms with Gasteiger partial charge in [0.2, 0.25) is 0 Å². The molecule has 0 radical (unpaired) electrons. The van der Waals surface area contributed by atoms with Crippen LogP contribution in [0.5, 0.6) is 0 Å². The summed E-state index contributed by atoms with van der Waals surface area (Å²) in [6.45, 7) is 0. The van der Waals surface area contributed by atoms with Crippen LogP contribution < -0.4 is 0 Å². The highest BCUT2D eigenvalue weighted by Gasteiger charge is 2.15. The summed E-state index contributed by atoms with van der Waals surface area (Å²) in [6, 6.07) is 22.7. The molecule has 7 rings (SSSR count). The van der Waals surface area contributed by atoms with Gasteiger partial charge in [-0.2, -0.15) is 0 Å². The van der Waals surface area contributed by atoms with Crippen LogP contribution in [0.1, 0.15) is 8.22 Å². The summed E-state index contributed by atoms with van der Waals surface area (Å²) in [5.74, 6) is 0.0951. The van der Waals surface area contributed by atoms with E-state index < -0.39 is 5.82 Å². The van der Waals surface area contributed by atoms with E-state index in [1.807, 2.05) is 48.5 Å². The maximum absolute atomic E-state index is 13.7. The van der Waals surface area contributed by atoms with E-state index in [2.05, 4.69) is 15.0 Å². The van der Waals surface area contributed by atoms with Gasteiger partial charge in [-0.05, 0) is 47.5 Å². The first-order chi connectivity index (χ1) is 21.2. The lowest BCUT2D eigenvalue weighted by Crippen LogP contribution is -2.00. The molecule has 0 aliphatic carbocycles. The average molecular weight is 516 g/mol. The molecule has 0 unspecified atom stereocenters. The van der Waals surface area contributed by atoms with Gasteiger partial charge in [0.05, 0.1) is 8.22 Å². The van der Waals surface area contributed by atoms with Gasteiger partial charge in [0.15, 0.2) is 17.5 Å². The molecule has 2 aromatic heterocycles. The van der Waals surface area contributed by atoms with Crippen molar-refractivity contribution in [3.05, 3.63) is 127 Å². The van der Waals surface area contributed by atoms with Crippen molar-refractivity contribution in [3.63, 3.8) is 0 Å². The van der Waals surface area contributed by atoms with Crippen LogP contribution in [0.15, 0.2) is 121 Å². The molecule has 0 aliphatic rings. The van der Waals surface area contributed by atoms with Crippen molar-refractivity contribution in [1.29, 1.82) is 0 Å². The quantitative estimate of drug-likeness (QED) is 0.235. The predicted octanol–water partition coefficient (Wildman–Crippen LogP) is 9.05. The number of nitrogens with zero attached hydrogens (tertiary/aromatic N) is 3. The number of hydrogen-bond donors (Lipinski definition) is 0. The summed E-state index contributed by atoms with van der Waals surface area (Å²) in [5, 5.41) is 0.689. The monoisotopic (exact) mass is 515 g/mol. The van der Waals surface area contributed by atoms with Crippen molar-refractivity contribution < 1.29 is 12.6 Å². The number of fused-ring (bicyclic) bond motifs is 3. The second-order valence-electron chi connectivity index (χ2n) is 8.56. The molecule has 0 spiro atoms. The lowest BCUT2D eigenvalue weighted by molar-refractivity contribution is 0.628. The van der Waals surface area contributed by atoms with Crippen LogP contribution in [0, 0.1) is 5.82 Å². The van der Waals surface area contributed by atoms with Gasteiger partial charge >= 0.3 is 0 Å². The summed E-state index contributed by atoms with van der Waals surface area (Å²) >= 11 is 1.09. The smallest absolute Gasteiger partial charge is 0.164 e. The number of thiophene rings is 1. The molecule has 5 heteroatoms. The Bertz CT molecular complexity index is 2240. The molecule has 0 N–H and O–H groups in total. The van der Waals surface area contributed by atoms with Gasteiger partial charge in [0.1, 0.15) is 5.82 Å². The van der Waals surface area contributed by atoms with E-state index in [0.29, 0.717) is 37.0 Å². The largest absolute Gasteiger partial charge is 0.208 e. The molecule has 2 heterocycles. The zero-order valence-electron chi connectivity index (χ0n) is 25.7. The molecule has 38 heavy (non-hydrogen) atoms. The Morgan fingerprint density at radius 2 is 1.18 bits per heavy atom. The summed E-state index contributed by atoms with van der Waals surface area (Å²) in [4.78, 5) is 13.8. The Kier molecular flexibility index (Phi) is 4.13. The van der Waals surface area contributed by atoms with Crippen LogP contribution in [0.2, 0.25) is 0 Å². The topological polar surface area (TPSA) is 38.7 Å². The second kappa shape index (κ2) is 9.29. The second-order valence-corrected chi connectivity index (χ2v) is 9.58. The van der Waals surface area contributed by atoms with Crippen molar-refractivity contribution >= 4 is 31.5 Å². The van der Waals surface area contributed by atoms with Crippen molar-refractivity contribution in [3.8, 4) is 45.3 Å². The Morgan fingerprint density at radius 1 is 0.579 bits per heavy atom. The lowest BCUT2D eigenvalue weighted by atomic mass is 9.99. The molecule has 7 aromatic rings. The van der Waals surface area contributed by atoms with Crippen LogP contribution >= 0.6 is 11.3 Å². The molecule has 0 saturated heterocycles. The van der Waals surface area contributed by atoms with E-state index in [-0.39, 0.29) is 64.7 Å². The minimum absolute atomic E-state index is 0.0118. The highest BCUT2D eigenvalue weighted by atomic mass is 32.1. The molecule has 0 fully saturated rings. The molecule has 5 aromatic carbocycles. The van der Waals surface area contributed by atoms with Crippen molar-refractivity contribution in [1.82, 2.24) is 15.0 Å². The number of aromatic nitrogens is 3. The van der Waals surface area contributed by atoms with Crippen LogP contribution in [0.25, 0.3) is 65.5 Å². The fraction of sp³-hybridized carbons (Fsp3) is 0. The third-order valence-corrected chi connectivity index (χ3v) is 7.15. The van der Waals surface area contributed by atoms with E-state index in [9.17, 15) is 5.76 Å². The van der Waals surface area contributed by atoms with E-state index in [0.717, 1.165) is 11.3 Å². The molecular weight excluding hydrogens is 489 g/mol. The van der Waals surface area contributed by atoms with Crippen LogP contribution in [-0.2, 0) is 0 Å². The summed E-state index contributed by atoms with van der Waals surface area (Å²) < 4.78 is 67.8. The van der Waals surface area contributed by atoms with Gasteiger partial charge in [-0.1, -0.05) is 84.8 Å². The zero-order valence-corrected chi connectivity index (χ0v) is 20.5. The lowest BCUT2D eigenvalue weighted by Gasteiger charge is -2.09. The van der Waals surface area contributed by atoms with Crippen LogP contribution in [-0.4, -0.2) is 15.0 Å². The van der Waals surface area contributed by atoms with Gasteiger partial charge in [0.25, 0.3) is 0 Å². The summed E-state index contributed by atoms with van der Waals surface area (Å²) in [5.41, 5.74) is 2.23. The van der Waals surface area contributed by atoms with E-state index in [4.69, 9.17) is 6.85 Å². The normalized spacial score (nSPS) is 13.5. The number of rotatable bonds is 4.